The van der Waals surface area contributed by atoms with Crippen molar-refractivity contribution in [2.45, 2.75) is 0 Å². The van der Waals surface area contributed by atoms with Crippen molar-refractivity contribution < 1.29 is 33.8 Å². The molecule has 0 aliphatic heterocycles. The van der Waals surface area contributed by atoms with Crippen LogP contribution in [0.1, 0.15) is 16.7 Å². The van der Waals surface area contributed by atoms with E-state index in [0.29, 0.717) is 28.4 Å². The van der Waals surface area contributed by atoms with Gasteiger partial charge in [0.1, 0.15) is 0 Å². The molecule has 0 aliphatic carbocycles. The van der Waals surface area contributed by atoms with Crippen LogP contribution in [0.5, 0.6) is 28.7 Å². The summed E-state index contributed by atoms with van der Waals surface area (Å²) >= 11 is 0. The summed E-state index contributed by atoms with van der Waals surface area (Å²) in [6, 6.07) is 12.5. The van der Waals surface area contributed by atoms with E-state index in [9.17, 15) is 20.0 Å². The molecule has 3 aromatic rings. The van der Waals surface area contributed by atoms with E-state index in [4.69, 9.17) is 18.9 Å². The van der Waals surface area contributed by atoms with E-state index >= 15 is 0 Å². The van der Waals surface area contributed by atoms with E-state index in [1.807, 2.05) is 0 Å². The van der Waals surface area contributed by atoms with Crippen molar-refractivity contribution in [3.8, 4) is 28.7 Å². The molecule has 3 rings (SSSR count). The van der Waals surface area contributed by atoms with Gasteiger partial charge in [-0.15, -0.1) is 0 Å². The number of hydrogen-bond acceptors (Lipinski definition) is 8. The lowest BCUT2D eigenvalue weighted by Gasteiger charge is -2.14. The summed E-state index contributed by atoms with van der Waals surface area (Å²) in [7, 11) is 5.95. The van der Waals surface area contributed by atoms with Gasteiger partial charge in [0, 0.05) is 23.8 Å². The molecule has 0 unspecified atom stereocenters. The average molecular weight is 507 g/mol. The van der Waals surface area contributed by atoms with Crippen molar-refractivity contribution in [2.75, 3.05) is 33.8 Å². The number of phenolic OH excluding ortho intramolecular Hbond substituents is 1. The van der Waals surface area contributed by atoms with Gasteiger partial charge in [-0.2, -0.15) is 0 Å². The van der Waals surface area contributed by atoms with Gasteiger partial charge in [-0.1, -0.05) is 12.2 Å². The molecule has 0 aliphatic rings. The van der Waals surface area contributed by atoms with Crippen LogP contribution in [0, 0.1) is 10.1 Å². The SMILES string of the molecule is COc1ccc(/C=C\c2cc(OC)c(OC)c(OC)c2)c(NC(=O)/C=C/c2ccc([N+](=O)[O-])cc2)c1O. The number of nitrogens with zero attached hydrogens (tertiary/aromatic N) is 1. The third-order valence-corrected chi connectivity index (χ3v) is 5.31. The quantitative estimate of drug-likeness (QED) is 0.127. The fourth-order valence-electron chi connectivity index (χ4n) is 3.45. The highest BCUT2D eigenvalue weighted by atomic mass is 16.6. The third-order valence-electron chi connectivity index (χ3n) is 5.31. The minimum Gasteiger partial charge on any atom is -0.503 e. The summed E-state index contributed by atoms with van der Waals surface area (Å²) in [5, 5.41) is 24.2. The van der Waals surface area contributed by atoms with Gasteiger partial charge in [0.05, 0.1) is 39.0 Å². The molecule has 10 nitrogen and oxygen atoms in total. The number of nitro groups is 1. The smallest absolute Gasteiger partial charge is 0.269 e. The lowest BCUT2D eigenvalue weighted by atomic mass is 10.1. The number of carbonyl (C=O) groups excluding carboxylic acids is 1. The molecule has 0 atom stereocenters. The second-order valence-electron chi connectivity index (χ2n) is 7.54. The Kier molecular flexibility index (Phi) is 8.71. The standard InChI is InChI=1S/C27H26N2O8/c1-34-21-13-10-19(9-5-18-15-22(35-2)27(37-4)23(16-18)36-3)25(26(21)31)28-24(30)14-8-17-6-11-20(12-7-17)29(32)33/h5-16,31H,1-4H3,(H,28,30)/b9-5-,14-8+. The van der Waals surface area contributed by atoms with E-state index in [1.54, 1.807) is 36.4 Å². The van der Waals surface area contributed by atoms with Gasteiger partial charge in [-0.05, 0) is 53.6 Å². The summed E-state index contributed by atoms with van der Waals surface area (Å²) in [5.74, 6) is 0.820. The minimum atomic E-state index is -0.524. The van der Waals surface area contributed by atoms with Gasteiger partial charge >= 0.3 is 0 Å². The molecule has 0 spiro atoms. The fraction of sp³-hybridized carbons (Fsp3) is 0.148. The number of rotatable bonds is 10. The van der Waals surface area contributed by atoms with Gasteiger partial charge in [0.25, 0.3) is 5.69 Å². The molecule has 0 saturated carbocycles. The highest BCUT2D eigenvalue weighted by Crippen LogP contribution is 2.40. The summed E-state index contributed by atoms with van der Waals surface area (Å²) < 4.78 is 21.3. The zero-order valence-corrected chi connectivity index (χ0v) is 20.7. The van der Waals surface area contributed by atoms with E-state index in [1.165, 1.54) is 64.9 Å². The van der Waals surface area contributed by atoms with Crippen LogP contribution in [0.4, 0.5) is 11.4 Å². The third kappa shape index (κ3) is 6.37. The molecule has 0 heterocycles. The van der Waals surface area contributed by atoms with Gasteiger partial charge in [0.15, 0.2) is 23.0 Å². The van der Waals surface area contributed by atoms with Crippen molar-refractivity contribution in [3.05, 3.63) is 81.4 Å². The molecule has 0 aromatic heterocycles. The van der Waals surface area contributed by atoms with E-state index < -0.39 is 10.8 Å². The van der Waals surface area contributed by atoms with Crippen molar-refractivity contribution in [1.29, 1.82) is 0 Å². The molecule has 0 bridgehead atoms. The van der Waals surface area contributed by atoms with Crippen molar-refractivity contribution in [1.82, 2.24) is 0 Å². The van der Waals surface area contributed by atoms with Crippen molar-refractivity contribution >= 4 is 35.5 Å². The summed E-state index contributed by atoms with van der Waals surface area (Å²) in [6.07, 6.45) is 6.22. The molecular formula is C27H26N2O8. The first-order chi connectivity index (χ1) is 17.8. The monoisotopic (exact) mass is 506 g/mol. The van der Waals surface area contributed by atoms with Crippen LogP contribution in [0.25, 0.3) is 18.2 Å². The number of nitro benzene ring substituents is 1. The number of phenols is 1. The molecule has 37 heavy (non-hydrogen) atoms. The average Bonchev–Trinajstić information content (AvgIpc) is 2.91. The van der Waals surface area contributed by atoms with E-state index in [-0.39, 0.29) is 22.9 Å². The maximum atomic E-state index is 12.6. The molecule has 1 amide bonds. The molecule has 10 heteroatoms. The lowest BCUT2D eigenvalue weighted by Crippen LogP contribution is -2.09. The summed E-state index contributed by atoms with van der Waals surface area (Å²) in [5.41, 5.74) is 1.91. The largest absolute Gasteiger partial charge is 0.503 e. The lowest BCUT2D eigenvalue weighted by molar-refractivity contribution is -0.384. The highest BCUT2D eigenvalue weighted by molar-refractivity contribution is 6.04. The number of ether oxygens (including phenoxy) is 4. The Labute approximate surface area is 213 Å². The fourth-order valence-corrected chi connectivity index (χ4v) is 3.45. The highest BCUT2D eigenvalue weighted by Gasteiger charge is 2.15. The van der Waals surface area contributed by atoms with Gasteiger partial charge < -0.3 is 29.4 Å². The van der Waals surface area contributed by atoms with Crippen LogP contribution in [0.15, 0.2) is 54.6 Å². The zero-order valence-electron chi connectivity index (χ0n) is 20.7. The number of aromatic hydroxyl groups is 1. The first-order valence-electron chi connectivity index (χ1n) is 10.9. The molecule has 0 radical (unpaired) electrons. The predicted octanol–water partition coefficient (Wildman–Crippen LogP) is 5.16. The van der Waals surface area contributed by atoms with Crippen LogP contribution in [0.2, 0.25) is 0 Å². The molecule has 2 N–H and O–H groups in total. The molecule has 0 fully saturated rings. The molecule has 192 valence electrons. The molecule has 3 aromatic carbocycles. The Balaban J connectivity index is 1.90. The Morgan fingerprint density at radius 1 is 0.838 bits per heavy atom. The topological polar surface area (TPSA) is 129 Å². The molecule has 0 saturated heterocycles. The van der Waals surface area contributed by atoms with Gasteiger partial charge in [-0.25, -0.2) is 0 Å². The van der Waals surface area contributed by atoms with Crippen molar-refractivity contribution in [3.63, 3.8) is 0 Å². The van der Waals surface area contributed by atoms with Crippen LogP contribution in [0.3, 0.4) is 0 Å². The predicted molar refractivity (Wildman–Crippen MR) is 140 cm³/mol. The van der Waals surface area contributed by atoms with E-state index in [2.05, 4.69) is 5.32 Å². The number of carbonyl (C=O) groups is 1. The van der Waals surface area contributed by atoms with Gasteiger partial charge in [-0.3, -0.25) is 14.9 Å². The second kappa shape index (κ2) is 12.1. The number of methoxy groups -OCH3 is 4. The van der Waals surface area contributed by atoms with Gasteiger partial charge in [0.2, 0.25) is 11.7 Å². The normalized spacial score (nSPS) is 10.9. The van der Waals surface area contributed by atoms with E-state index in [0.717, 1.165) is 5.56 Å². The first kappa shape index (κ1) is 26.6. The number of benzene rings is 3. The number of anilines is 1. The van der Waals surface area contributed by atoms with Crippen LogP contribution in [-0.4, -0.2) is 44.4 Å². The summed E-state index contributed by atoms with van der Waals surface area (Å²) in [6.45, 7) is 0. The molecular weight excluding hydrogens is 480 g/mol. The Morgan fingerprint density at radius 3 is 2.00 bits per heavy atom. The maximum absolute atomic E-state index is 12.6. The Hall–Kier alpha value is -4.99. The number of non-ortho nitro benzene ring substituents is 1. The maximum Gasteiger partial charge on any atom is 0.269 e. The number of nitrogens with one attached hydrogen (secondary N) is 1. The van der Waals surface area contributed by atoms with Crippen LogP contribution >= 0.6 is 0 Å². The Bertz CT molecular complexity index is 1320. The second-order valence-corrected chi connectivity index (χ2v) is 7.54. The Morgan fingerprint density at radius 2 is 1.46 bits per heavy atom. The van der Waals surface area contributed by atoms with Crippen molar-refractivity contribution in [2.24, 2.45) is 0 Å². The number of amides is 1. The number of hydrogen-bond donors (Lipinski definition) is 2. The van der Waals surface area contributed by atoms with Crippen LogP contribution in [-0.2, 0) is 4.79 Å². The first-order valence-corrected chi connectivity index (χ1v) is 10.9. The van der Waals surface area contributed by atoms with Crippen LogP contribution < -0.4 is 24.3 Å². The minimum absolute atomic E-state index is 0.0496. The summed E-state index contributed by atoms with van der Waals surface area (Å²) in [4.78, 5) is 22.9. The zero-order chi connectivity index (χ0) is 26.9.